The maximum Gasteiger partial charge on any atom is 0.309 e. The van der Waals surface area contributed by atoms with Crippen molar-refractivity contribution in [2.45, 2.75) is 142 Å². The lowest BCUT2D eigenvalue weighted by atomic mass is 9.86. The number of ether oxygens (including phenoxy) is 2. The van der Waals surface area contributed by atoms with E-state index in [1.807, 2.05) is 0 Å². The summed E-state index contributed by atoms with van der Waals surface area (Å²) in [6, 6.07) is 0. The Morgan fingerprint density at radius 3 is 1.28 bits per heavy atom. The second-order valence-corrected chi connectivity index (χ2v) is 11.4. The summed E-state index contributed by atoms with van der Waals surface area (Å²) in [5.41, 5.74) is -1.32. The van der Waals surface area contributed by atoms with E-state index < -0.39 is 22.8 Å². The first-order valence-electron chi connectivity index (χ1n) is 12.8. The fourth-order valence-electron chi connectivity index (χ4n) is 4.94. The van der Waals surface area contributed by atoms with E-state index in [4.69, 9.17) is 9.47 Å². The summed E-state index contributed by atoms with van der Waals surface area (Å²) in [7, 11) is 0. The largest absolute Gasteiger partial charge is 0.481 e. The van der Waals surface area contributed by atoms with E-state index in [9.17, 15) is 19.8 Å². The van der Waals surface area contributed by atoms with Gasteiger partial charge in [0.2, 0.25) is 0 Å². The Morgan fingerprint density at radius 2 is 0.969 bits per heavy atom. The van der Waals surface area contributed by atoms with Gasteiger partial charge in [-0.05, 0) is 118 Å². The molecule has 4 atom stereocenters. The lowest BCUT2D eigenvalue weighted by molar-refractivity contribution is -0.148. The number of rotatable bonds is 13. The van der Waals surface area contributed by atoms with Crippen LogP contribution in [0.3, 0.4) is 0 Å². The zero-order valence-corrected chi connectivity index (χ0v) is 20.7. The molecule has 186 valence electrons. The summed E-state index contributed by atoms with van der Waals surface area (Å²) < 4.78 is 12.7. The first kappa shape index (κ1) is 27.1. The normalized spacial score (nSPS) is 27.2. The quantitative estimate of drug-likeness (QED) is 0.344. The molecular formula is C26H46O6. The van der Waals surface area contributed by atoms with Crippen molar-refractivity contribution >= 4 is 11.9 Å². The lowest BCUT2D eigenvalue weighted by Crippen LogP contribution is -2.32. The van der Waals surface area contributed by atoms with Crippen LogP contribution < -0.4 is 0 Å². The topological polar surface area (TPSA) is 93.1 Å². The van der Waals surface area contributed by atoms with Gasteiger partial charge >= 0.3 is 11.9 Å². The monoisotopic (exact) mass is 454 g/mol. The van der Waals surface area contributed by atoms with Crippen LogP contribution in [0.25, 0.3) is 0 Å². The van der Waals surface area contributed by atoms with Crippen LogP contribution in [0.5, 0.6) is 0 Å². The van der Waals surface area contributed by atoms with Crippen molar-refractivity contribution in [3.8, 4) is 0 Å². The number of carboxylic acids is 2. The summed E-state index contributed by atoms with van der Waals surface area (Å²) in [5.74, 6) is -1.45. The van der Waals surface area contributed by atoms with E-state index in [0.29, 0.717) is 25.0 Å². The van der Waals surface area contributed by atoms with Crippen LogP contribution in [-0.2, 0) is 19.1 Å². The van der Waals surface area contributed by atoms with Crippen molar-refractivity contribution in [2.24, 2.45) is 10.8 Å². The number of hydrogen-bond acceptors (Lipinski definition) is 4. The van der Waals surface area contributed by atoms with Crippen molar-refractivity contribution in [3.05, 3.63) is 0 Å². The van der Waals surface area contributed by atoms with E-state index in [-0.39, 0.29) is 12.2 Å². The highest BCUT2D eigenvalue weighted by Gasteiger charge is 2.30. The van der Waals surface area contributed by atoms with Gasteiger partial charge in [0.25, 0.3) is 0 Å². The molecular weight excluding hydrogens is 408 g/mol. The molecule has 2 saturated heterocycles. The second-order valence-electron chi connectivity index (χ2n) is 11.4. The minimum absolute atomic E-state index is 0.260. The van der Waals surface area contributed by atoms with Crippen LogP contribution in [-0.4, -0.2) is 46.6 Å². The van der Waals surface area contributed by atoms with Crippen LogP contribution in [0.15, 0.2) is 0 Å². The molecule has 6 nitrogen and oxygen atoms in total. The summed E-state index contributed by atoms with van der Waals surface area (Å²) >= 11 is 0. The van der Waals surface area contributed by atoms with Gasteiger partial charge in [0.15, 0.2) is 0 Å². The van der Waals surface area contributed by atoms with E-state index in [1.165, 1.54) is 12.8 Å². The van der Waals surface area contributed by atoms with E-state index in [2.05, 4.69) is 0 Å². The van der Waals surface area contributed by atoms with Gasteiger partial charge in [-0.25, -0.2) is 0 Å². The number of carbonyl (C=O) groups is 2. The molecule has 0 saturated carbocycles. The van der Waals surface area contributed by atoms with E-state index >= 15 is 0 Å². The Hall–Kier alpha value is -1.14. The molecule has 0 aromatic rings. The SMILES string of the molecule is CC(C)(CCCC1CCCC(CCC2CCCC(CCCC(C)(C)C(=O)O)O2)O1)C(=O)O. The second kappa shape index (κ2) is 12.4. The Kier molecular flexibility index (Phi) is 10.5. The highest BCUT2D eigenvalue weighted by Crippen LogP contribution is 2.32. The summed E-state index contributed by atoms with van der Waals surface area (Å²) in [4.78, 5) is 22.6. The van der Waals surface area contributed by atoms with Gasteiger partial charge in [-0.3, -0.25) is 9.59 Å². The van der Waals surface area contributed by atoms with Crippen LogP contribution >= 0.6 is 0 Å². The third kappa shape index (κ3) is 9.01. The van der Waals surface area contributed by atoms with Crippen molar-refractivity contribution in [1.29, 1.82) is 0 Å². The molecule has 4 unspecified atom stereocenters. The highest BCUT2D eigenvalue weighted by molar-refractivity contribution is 5.73. The molecule has 0 spiro atoms. The van der Waals surface area contributed by atoms with Gasteiger partial charge in [-0.15, -0.1) is 0 Å². The predicted octanol–water partition coefficient (Wildman–Crippen LogP) is 6.20. The molecule has 0 aromatic heterocycles. The minimum Gasteiger partial charge on any atom is -0.481 e. The molecule has 0 radical (unpaired) electrons. The van der Waals surface area contributed by atoms with Gasteiger partial charge in [0.05, 0.1) is 35.2 Å². The molecule has 2 N–H and O–H groups in total. The van der Waals surface area contributed by atoms with Crippen molar-refractivity contribution in [3.63, 3.8) is 0 Å². The van der Waals surface area contributed by atoms with Crippen LogP contribution in [0.2, 0.25) is 0 Å². The molecule has 2 rings (SSSR count). The third-order valence-electron chi connectivity index (χ3n) is 7.50. The standard InChI is InChI=1S/C26H46O6/c1-25(2,23(27)28)17-7-13-19-9-5-11-21(31-19)15-16-22-12-6-10-20(32-22)14-8-18-26(3,4)24(29)30/h19-22H,5-18H2,1-4H3,(H,27,28)(H,29,30). The van der Waals surface area contributed by atoms with Crippen LogP contribution in [0, 0.1) is 10.8 Å². The number of carboxylic acid groups (broad SMARTS) is 2. The van der Waals surface area contributed by atoms with Crippen LogP contribution in [0.4, 0.5) is 0 Å². The van der Waals surface area contributed by atoms with Gasteiger partial charge in [-0.1, -0.05) is 0 Å². The van der Waals surface area contributed by atoms with Gasteiger partial charge in [-0.2, -0.15) is 0 Å². The molecule has 2 fully saturated rings. The zero-order valence-electron chi connectivity index (χ0n) is 20.7. The van der Waals surface area contributed by atoms with Crippen LogP contribution in [0.1, 0.15) is 118 Å². The molecule has 32 heavy (non-hydrogen) atoms. The highest BCUT2D eigenvalue weighted by atomic mass is 16.5. The molecule has 0 amide bonds. The minimum atomic E-state index is -0.726. The predicted molar refractivity (Wildman–Crippen MR) is 125 cm³/mol. The van der Waals surface area contributed by atoms with Crippen molar-refractivity contribution in [1.82, 2.24) is 0 Å². The van der Waals surface area contributed by atoms with Gasteiger partial charge in [0.1, 0.15) is 0 Å². The molecule has 0 aromatic carbocycles. The van der Waals surface area contributed by atoms with Crippen molar-refractivity contribution < 1.29 is 29.3 Å². The maximum atomic E-state index is 11.3. The molecule has 2 heterocycles. The first-order chi connectivity index (χ1) is 15.0. The summed E-state index contributed by atoms with van der Waals surface area (Å²) in [6.45, 7) is 7.18. The number of hydrogen-bond donors (Lipinski definition) is 2. The fraction of sp³-hybridized carbons (Fsp3) is 0.923. The summed E-state index contributed by atoms with van der Waals surface area (Å²) in [5, 5.41) is 18.5. The molecule has 6 heteroatoms. The smallest absolute Gasteiger partial charge is 0.309 e. The number of aliphatic carboxylic acids is 2. The Labute approximate surface area is 194 Å². The van der Waals surface area contributed by atoms with Gasteiger partial charge < -0.3 is 19.7 Å². The summed E-state index contributed by atoms with van der Waals surface area (Å²) in [6.07, 6.45) is 15.0. The average Bonchev–Trinajstić information content (AvgIpc) is 2.72. The Morgan fingerprint density at radius 1 is 0.656 bits per heavy atom. The maximum absolute atomic E-state index is 11.3. The third-order valence-corrected chi connectivity index (χ3v) is 7.50. The molecule has 0 bridgehead atoms. The molecule has 2 aliphatic heterocycles. The molecule has 0 aliphatic carbocycles. The zero-order chi connectivity index (χ0) is 23.8. The average molecular weight is 455 g/mol. The van der Waals surface area contributed by atoms with E-state index in [1.54, 1.807) is 27.7 Å². The van der Waals surface area contributed by atoms with E-state index in [0.717, 1.165) is 64.2 Å². The fourth-order valence-corrected chi connectivity index (χ4v) is 4.94. The Bertz CT molecular complexity index is 547. The van der Waals surface area contributed by atoms with Gasteiger partial charge in [0, 0.05) is 0 Å². The Balaban J connectivity index is 1.66. The molecule has 2 aliphatic rings. The lowest BCUT2D eigenvalue weighted by Gasteiger charge is -2.34. The van der Waals surface area contributed by atoms with Crippen molar-refractivity contribution in [2.75, 3.05) is 0 Å². The first-order valence-corrected chi connectivity index (χ1v) is 12.8.